The summed E-state index contributed by atoms with van der Waals surface area (Å²) in [6.07, 6.45) is 5.32. The summed E-state index contributed by atoms with van der Waals surface area (Å²) in [6.45, 7) is 1.63. The number of nitrogens with zero attached hydrogens (tertiary/aromatic N) is 1. The second-order valence-corrected chi connectivity index (χ2v) is 10.3. The molecule has 0 aromatic heterocycles. The predicted molar refractivity (Wildman–Crippen MR) is 136 cm³/mol. The van der Waals surface area contributed by atoms with Crippen LogP contribution in [0.2, 0.25) is 15.1 Å². The zero-order valence-corrected chi connectivity index (χ0v) is 22.1. The van der Waals surface area contributed by atoms with Crippen molar-refractivity contribution < 1.29 is 14.3 Å². The Hall–Kier alpha value is -1.47. The maximum Gasteiger partial charge on any atom is 0.261 e. The van der Waals surface area contributed by atoms with Crippen LogP contribution in [0.25, 0.3) is 0 Å². The van der Waals surface area contributed by atoms with Gasteiger partial charge in [0.25, 0.3) is 5.91 Å². The summed E-state index contributed by atoms with van der Waals surface area (Å²) in [5, 5.41) is 4.58. The van der Waals surface area contributed by atoms with E-state index in [1.54, 1.807) is 43.3 Å². The van der Waals surface area contributed by atoms with E-state index in [0.29, 0.717) is 30.9 Å². The van der Waals surface area contributed by atoms with E-state index in [-0.39, 0.29) is 31.0 Å². The molecule has 5 nitrogen and oxygen atoms in total. The van der Waals surface area contributed by atoms with E-state index in [1.807, 2.05) is 0 Å². The third-order valence-corrected chi connectivity index (χ3v) is 7.16. The van der Waals surface area contributed by atoms with Gasteiger partial charge in [0.15, 0.2) is 6.61 Å². The molecule has 3 rings (SSSR count). The monoisotopic (exact) mass is 574 g/mol. The van der Waals surface area contributed by atoms with Crippen molar-refractivity contribution in [2.45, 2.75) is 57.7 Å². The van der Waals surface area contributed by atoms with Gasteiger partial charge in [-0.1, -0.05) is 60.1 Å². The Balaban J connectivity index is 1.75. The topological polar surface area (TPSA) is 58.6 Å². The molecule has 1 fully saturated rings. The fraction of sp³-hybridized carbons (Fsp3) is 0.417. The van der Waals surface area contributed by atoms with Gasteiger partial charge in [0.1, 0.15) is 11.8 Å². The molecule has 0 radical (unpaired) electrons. The van der Waals surface area contributed by atoms with E-state index in [1.165, 1.54) is 11.3 Å². The van der Waals surface area contributed by atoms with Gasteiger partial charge in [0, 0.05) is 27.7 Å². The number of halogens is 4. The van der Waals surface area contributed by atoms with Crippen molar-refractivity contribution in [2.75, 3.05) is 6.61 Å². The standard InChI is InChI=1S/C24H26BrCl3N2O3/c1-15(24(32)29-19-5-3-2-4-6-19)30(13-16-7-8-18(27)12-21(16)28)23(31)14-33-22-10-9-17(26)11-20(22)25/h7-12,15,19H,2-6,13-14H2,1H3,(H,29,32)/t15-/m1/s1. The number of hydrogen-bond donors (Lipinski definition) is 1. The van der Waals surface area contributed by atoms with E-state index < -0.39 is 6.04 Å². The van der Waals surface area contributed by atoms with Crippen molar-refractivity contribution in [1.29, 1.82) is 0 Å². The van der Waals surface area contributed by atoms with Crippen LogP contribution in [0.3, 0.4) is 0 Å². The van der Waals surface area contributed by atoms with Crippen LogP contribution in [-0.2, 0) is 16.1 Å². The van der Waals surface area contributed by atoms with Crippen LogP contribution < -0.4 is 10.1 Å². The first kappa shape index (κ1) is 26.1. The number of carbonyl (C=O) groups is 2. The van der Waals surface area contributed by atoms with Crippen molar-refractivity contribution in [3.05, 3.63) is 61.5 Å². The van der Waals surface area contributed by atoms with Crippen LogP contribution in [0.4, 0.5) is 0 Å². The number of nitrogens with one attached hydrogen (secondary N) is 1. The van der Waals surface area contributed by atoms with Gasteiger partial charge in [0.05, 0.1) is 4.47 Å². The molecule has 1 atom stereocenters. The first-order valence-electron chi connectivity index (χ1n) is 10.9. The Labute approximate surface area is 217 Å². The second-order valence-electron chi connectivity index (χ2n) is 8.14. The molecule has 1 aliphatic rings. The van der Waals surface area contributed by atoms with Crippen molar-refractivity contribution >= 4 is 62.5 Å². The Morgan fingerprint density at radius 1 is 1.09 bits per heavy atom. The maximum absolute atomic E-state index is 13.2. The van der Waals surface area contributed by atoms with E-state index in [0.717, 1.165) is 25.7 Å². The Kier molecular flexibility index (Phi) is 9.74. The van der Waals surface area contributed by atoms with Crippen LogP contribution in [0.5, 0.6) is 5.75 Å². The average molecular weight is 577 g/mol. The average Bonchev–Trinajstić information content (AvgIpc) is 2.78. The largest absolute Gasteiger partial charge is 0.483 e. The van der Waals surface area contributed by atoms with Crippen LogP contribution in [0.15, 0.2) is 40.9 Å². The normalized spacial score (nSPS) is 15.1. The molecule has 0 spiro atoms. The summed E-state index contributed by atoms with van der Waals surface area (Å²) in [5.74, 6) is -0.0429. The lowest BCUT2D eigenvalue weighted by Gasteiger charge is -2.31. The number of hydrogen-bond acceptors (Lipinski definition) is 3. The molecular weight excluding hydrogens is 551 g/mol. The van der Waals surface area contributed by atoms with Gasteiger partial charge in [-0.15, -0.1) is 0 Å². The smallest absolute Gasteiger partial charge is 0.261 e. The lowest BCUT2D eigenvalue weighted by atomic mass is 9.95. The van der Waals surface area contributed by atoms with Crippen molar-refractivity contribution in [2.24, 2.45) is 0 Å². The Morgan fingerprint density at radius 3 is 2.42 bits per heavy atom. The van der Waals surface area contributed by atoms with Gasteiger partial charge in [0.2, 0.25) is 5.91 Å². The molecule has 2 aromatic carbocycles. The minimum Gasteiger partial charge on any atom is -0.483 e. The third-order valence-electron chi connectivity index (χ3n) is 5.72. The zero-order chi connectivity index (χ0) is 24.0. The highest BCUT2D eigenvalue weighted by atomic mass is 79.9. The molecule has 9 heteroatoms. The molecule has 178 valence electrons. The molecule has 1 N–H and O–H groups in total. The molecule has 0 bridgehead atoms. The van der Waals surface area contributed by atoms with E-state index >= 15 is 0 Å². The summed E-state index contributed by atoms with van der Waals surface area (Å²) in [5.41, 5.74) is 0.694. The van der Waals surface area contributed by atoms with Crippen LogP contribution in [0.1, 0.15) is 44.6 Å². The van der Waals surface area contributed by atoms with Gasteiger partial charge in [-0.3, -0.25) is 9.59 Å². The lowest BCUT2D eigenvalue weighted by molar-refractivity contribution is -0.142. The number of rotatable bonds is 8. The van der Waals surface area contributed by atoms with Gasteiger partial charge >= 0.3 is 0 Å². The third kappa shape index (κ3) is 7.51. The van der Waals surface area contributed by atoms with Gasteiger partial charge < -0.3 is 15.0 Å². The fourth-order valence-electron chi connectivity index (χ4n) is 3.80. The predicted octanol–water partition coefficient (Wildman–Crippen LogP) is 6.65. The summed E-state index contributed by atoms with van der Waals surface area (Å²) >= 11 is 21.7. The van der Waals surface area contributed by atoms with Gasteiger partial charge in [-0.25, -0.2) is 0 Å². The van der Waals surface area contributed by atoms with Crippen LogP contribution >= 0.6 is 50.7 Å². The van der Waals surface area contributed by atoms with Crippen LogP contribution in [-0.4, -0.2) is 35.4 Å². The summed E-state index contributed by atoms with van der Waals surface area (Å²) in [4.78, 5) is 27.7. The lowest BCUT2D eigenvalue weighted by Crippen LogP contribution is -2.51. The van der Waals surface area contributed by atoms with Gasteiger partial charge in [-0.05, 0) is 71.6 Å². The van der Waals surface area contributed by atoms with Crippen LogP contribution in [0, 0.1) is 0 Å². The second kappa shape index (κ2) is 12.3. The summed E-state index contributed by atoms with van der Waals surface area (Å²) in [6, 6.07) is 9.57. The summed E-state index contributed by atoms with van der Waals surface area (Å²) < 4.78 is 6.36. The van der Waals surface area contributed by atoms with E-state index in [9.17, 15) is 9.59 Å². The minimum atomic E-state index is -0.705. The fourth-order valence-corrected chi connectivity index (χ4v) is 5.06. The number of carbonyl (C=O) groups excluding carboxylic acids is 2. The number of amides is 2. The first-order chi connectivity index (χ1) is 15.7. The number of ether oxygens (including phenoxy) is 1. The quantitative estimate of drug-likeness (QED) is 0.383. The van der Waals surface area contributed by atoms with Crippen molar-refractivity contribution in [3.63, 3.8) is 0 Å². The molecule has 33 heavy (non-hydrogen) atoms. The maximum atomic E-state index is 13.2. The number of benzene rings is 2. The van der Waals surface area contributed by atoms with E-state index in [2.05, 4.69) is 21.2 Å². The van der Waals surface area contributed by atoms with Crippen molar-refractivity contribution in [1.82, 2.24) is 10.2 Å². The SMILES string of the molecule is C[C@H](C(=O)NC1CCCCC1)N(Cc1ccc(Cl)cc1Cl)C(=O)COc1ccc(Cl)cc1Br. The highest BCUT2D eigenvalue weighted by Gasteiger charge is 2.29. The highest BCUT2D eigenvalue weighted by Crippen LogP contribution is 2.28. The zero-order valence-electron chi connectivity index (χ0n) is 18.3. The molecular formula is C24H26BrCl3N2O3. The molecule has 1 aliphatic carbocycles. The highest BCUT2D eigenvalue weighted by molar-refractivity contribution is 9.10. The first-order valence-corrected chi connectivity index (χ1v) is 12.8. The molecule has 0 aliphatic heterocycles. The summed E-state index contributed by atoms with van der Waals surface area (Å²) in [7, 11) is 0. The molecule has 1 saturated carbocycles. The Bertz CT molecular complexity index is 999. The van der Waals surface area contributed by atoms with E-state index in [4.69, 9.17) is 39.5 Å². The minimum absolute atomic E-state index is 0.144. The Morgan fingerprint density at radius 2 is 1.76 bits per heavy atom. The molecule has 2 aromatic rings. The van der Waals surface area contributed by atoms with Crippen molar-refractivity contribution in [3.8, 4) is 5.75 Å². The molecule has 0 heterocycles. The molecule has 0 saturated heterocycles. The molecule has 2 amide bonds. The molecule has 0 unspecified atom stereocenters. The van der Waals surface area contributed by atoms with Gasteiger partial charge in [-0.2, -0.15) is 0 Å².